The van der Waals surface area contributed by atoms with Gasteiger partial charge in [0.1, 0.15) is 11.4 Å². The van der Waals surface area contributed by atoms with Crippen LogP contribution < -0.4 is 5.32 Å². The van der Waals surface area contributed by atoms with Gasteiger partial charge in [-0.2, -0.15) is 0 Å². The van der Waals surface area contributed by atoms with E-state index in [1.54, 1.807) is 7.11 Å². The summed E-state index contributed by atoms with van der Waals surface area (Å²) in [4.78, 5) is 34.8. The van der Waals surface area contributed by atoms with E-state index < -0.39 is 5.54 Å². The lowest BCUT2D eigenvalue weighted by atomic mass is 9.85. The number of methoxy groups -OCH3 is 1. The lowest BCUT2D eigenvalue weighted by Crippen LogP contribution is -2.48. The largest absolute Gasteiger partial charge is 0.383 e. The summed E-state index contributed by atoms with van der Waals surface area (Å²) in [5, 5.41) is 3.20. The van der Waals surface area contributed by atoms with Crippen molar-refractivity contribution in [1.82, 2.24) is 15.1 Å². The number of rotatable bonds is 5. The van der Waals surface area contributed by atoms with Gasteiger partial charge in [0.2, 0.25) is 0 Å². The summed E-state index contributed by atoms with van der Waals surface area (Å²) in [6.45, 7) is 4.53. The molecule has 4 rings (SSSR count). The summed E-state index contributed by atoms with van der Waals surface area (Å²) in [5.41, 5.74) is -0.647. The van der Waals surface area contributed by atoms with E-state index in [0.29, 0.717) is 31.7 Å². The fraction of sp³-hybridized carbons (Fsp3) is 0.850. The zero-order chi connectivity index (χ0) is 19.0. The number of urea groups is 1. The molecule has 0 aromatic carbocycles. The average Bonchev–Trinajstić information content (AvgIpc) is 3.41. The first kappa shape index (κ1) is 18.7. The SMILES string of the molecule is CCC1=N[C@@]2(CC[C@@H]3CN(C(=O)NC4CCCC4)C[C@H]32)C(=O)N1CCOC. The molecule has 2 aliphatic carbocycles. The Bertz CT molecular complexity index is 631. The normalized spacial score (nSPS) is 33.3. The minimum Gasteiger partial charge on any atom is -0.383 e. The maximum absolute atomic E-state index is 13.3. The van der Waals surface area contributed by atoms with Crippen molar-refractivity contribution < 1.29 is 14.3 Å². The Labute approximate surface area is 161 Å². The van der Waals surface area contributed by atoms with Gasteiger partial charge in [-0.05, 0) is 31.6 Å². The monoisotopic (exact) mass is 376 g/mol. The molecule has 3 atom stereocenters. The lowest BCUT2D eigenvalue weighted by Gasteiger charge is -2.28. The van der Waals surface area contributed by atoms with Crippen molar-refractivity contribution in [2.24, 2.45) is 16.8 Å². The molecule has 1 saturated heterocycles. The van der Waals surface area contributed by atoms with Gasteiger partial charge in [-0.3, -0.25) is 14.7 Å². The van der Waals surface area contributed by atoms with E-state index in [9.17, 15) is 9.59 Å². The number of fused-ring (bicyclic) bond motifs is 2. The van der Waals surface area contributed by atoms with Crippen molar-refractivity contribution in [1.29, 1.82) is 0 Å². The maximum atomic E-state index is 13.3. The third-order valence-corrected chi connectivity index (χ3v) is 7.01. The van der Waals surface area contributed by atoms with Gasteiger partial charge in [-0.1, -0.05) is 19.8 Å². The summed E-state index contributed by atoms with van der Waals surface area (Å²) in [6, 6.07) is 0.377. The van der Waals surface area contributed by atoms with Gasteiger partial charge in [-0.25, -0.2) is 4.79 Å². The first-order valence-corrected chi connectivity index (χ1v) is 10.5. The minimum absolute atomic E-state index is 0.0489. The van der Waals surface area contributed by atoms with Crippen LogP contribution in [-0.4, -0.2) is 72.5 Å². The zero-order valence-electron chi connectivity index (χ0n) is 16.6. The highest BCUT2D eigenvalue weighted by Gasteiger charge is 2.61. The van der Waals surface area contributed by atoms with Crippen molar-refractivity contribution in [3.63, 3.8) is 0 Å². The molecule has 0 bridgehead atoms. The number of ether oxygens (including phenoxy) is 1. The van der Waals surface area contributed by atoms with Gasteiger partial charge in [-0.15, -0.1) is 0 Å². The molecule has 150 valence electrons. The molecule has 7 nitrogen and oxygen atoms in total. The molecule has 2 heterocycles. The van der Waals surface area contributed by atoms with Gasteiger partial charge in [0.25, 0.3) is 5.91 Å². The molecular weight excluding hydrogens is 344 g/mol. The van der Waals surface area contributed by atoms with Crippen LogP contribution in [0.3, 0.4) is 0 Å². The van der Waals surface area contributed by atoms with Crippen molar-refractivity contribution in [3.8, 4) is 0 Å². The number of carbonyl (C=O) groups is 2. The van der Waals surface area contributed by atoms with Crippen LogP contribution in [0.5, 0.6) is 0 Å². The fourth-order valence-electron chi connectivity index (χ4n) is 5.57. The molecule has 3 amide bonds. The Morgan fingerprint density at radius 1 is 1.30 bits per heavy atom. The smallest absolute Gasteiger partial charge is 0.317 e. The van der Waals surface area contributed by atoms with Crippen molar-refractivity contribution in [2.75, 3.05) is 33.4 Å². The van der Waals surface area contributed by atoms with Gasteiger partial charge >= 0.3 is 6.03 Å². The number of hydrogen-bond acceptors (Lipinski definition) is 4. The quantitative estimate of drug-likeness (QED) is 0.798. The average molecular weight is 377 g/mol. The summed E-state index contributed by atoms with van der Waals surface area (Å²) in [6.07, 6.45) is 7.13. The number of carbonyl (C=O) groups excluding carboxylic acids is 2. The molecule has 1 N–H and O–H groups in total. The molecule has 0 radical (unpaired) electrons. The van der Waals surface area contributed by atoms with Crippen LogP contribution in [0.2, 0.25) is 0 Å². The summed E-state index contributed by atoms with van der Waals surface area (Å²) >= 11 is 0. The predicted molar refractivity (Wildman–Crippen MR) is 103 cm³/mol. The number of nitrogens with one attached hydrogen (secondary N) is 1. The zero-order valence-corrected chi connectivity index (χ0v) is 16.6. The van der Waals surface area contributed by atoms with Gasteiger partial charge < -0.3 is 15.0 Å². The first-order chi connectivity index (χ1) is 13.1. The highest BCUT2D eigenvalue weighted by Crippen LogP contribution is 2.50. The van der Waals surface area contributed by atoms with Crippen LogP contribution in [0, 0.1) is 11.8 Å². The minimum atomic E-state index is -0.647. The molecule has 7 heteroatoms. The molecule has 2 saturated carbocycles. The van der Waals surface area contributed by atoms with Gasteiger partial charge in [0.15, 0.2) is 0 Å². The van der Waals surface area contributed by atoms with Gasteiger partial charge in [0.05, 0.1) is 13.2 Å². The Balaban J connectivity index is 1.47. The second-order valence-corrected chi connectivity index (χ2v) is 8.50. The van der Waals surface area contributed by atoms with E-state index in [0.717, 1.165) is 44.5 Å². The summed E-state index contributed by atoms with van der Waals surface area (Å²) in [5.74, 6) is 1.54. The highest BCUT2D eigenvalue weighted by atomic mass is 16.5. The molecule has 0 aromatic rings. The molecule has 1 spiro atoms. The van der Waals surface area contributed by atoms with Crippen LogP contribution >= 0.6 is 0 Å². The van der Waals surface area contributed by atoms with E-state index in [1.807, 2.05) is 16.7 Å². The molecule has 0 unspecified atom stereocenters. The molecule has 27 heavy (non-hydrogen) atoms. The Kier molecular flexibility index (Phi) is 5.14. The molecule has 2 aliphatic heterocycles. The Morgan fingerprint density at radius 2 is 2.07 bits per heavy atom. The predicted octanol–water partition coefficient (Wildman–Crippen LogP) is 2.02. The van der Waals surface area contributed by atoms with E-state index in [-0.39, 0.29) is 17.9 Å². The second-order valence-electron chi connectivity index (χ2n) is 8.50. The van der Waals surface area contributed by atoms with Crippen LogP contribution in [0.4, 0.5) is 4.79 Å². The van der Waals surface area contributed by atoms with Crippen LogP contribution in [0.15, 0.2) is 4.99 Å². The Morgan fingerprint density at radius 3 is 2.78 bits per heavy atom. The molecule has 4 aliphatic rings. The third kappa shape index (κ3) is 3.13. The third-order valence-electron chi connectivity index (χ3n) is 7.01. The number of likely N-dealkylation sites (tertiary alicyclic amines) is 1. The van der Waals surface area contributed by atoms with Crippen LogP contribution in [0.25, 0.3) is 0 Å². The Hall–Kier alpha value is -1.63. The van der Waals surface area contributed by atoms with E-state index in [4.69, 9.17) is 9.73 Å². The summed E-state index contributed by atoms with van der Waals surface area (Å²) < 4.78 is 5.18. The summed E-state index contributed by atoms with van der Waals surface area (Å²) in [7, 11) is 1.66. The maximum Gasteiger partial charge on any atom is 0.317 e. The highest BCUT2D eigenvalue weighted by molar-refractivity contribution is 6.08. The lowest BCUT2D eigenvalue weighted by molar-refractivity contribution is -0.132. The first-order valence-electron chi connectivity index (χ1n) is 10.5. The van der Waals surface area contributed by atoms with Crippen LogP contribution in [-0.2, 0) is 9.53 Å². The molecular formula is C20H32N4O3. The van der Waals surface area contributed by atoms with Crippen LogP contribution in [0.1, 0.15) is 51.9 Å². The van der Waals surface area contributed by atoms with Crippen molar-refractivity contribution in [2.45, 2.75) is 63.5 Å². The van der Waals surface area contributed by atoms with Crippen molar-refractivity contribution in [3.05, 3.63) is 0 Å². The van der Waals surface area contributed by atoms with Gasteiger partial charge in [0, 0.05) is 38.6 Å². The van der Waals surface area contributed by atoms with E-state index in [1.165, 1.54) is 12.8 Å². The number of hydrogen-bond donors (Lipinski definition) is 1. The fourth-order valence-corrected chi connectivity index (χ4v) is 5.57. The number of amides is 3. The van der Waals surface area contributed by atoms with Crippen molar-refractivity contribution >= 4 is 17.8 Å². The molecule has 0 aromatic heterocycles. The number of amidine groups is 1. The topological polar surface area (TPSA) is 74.2 Å². The van der Waals surface area contributed by atoms with E-state index in [2.05, 4.69) is 5.32 Å². The number of aliphatic imine (C=N–C) groups is 1. The number of nitrogens with zero attached hydrogens (tertiary/aromatic N) is 3. The van der Waals surface area contributed by atoms with E-state index >= 15 is 0 Å². The molecule has 3 fully saturated rings. The standard InChI is InChI=1S/C20H32N4O3/c1-3-17-22-20(18(25)24(17)10-11-27-2)9-8-14-12-23(13-16(14)20)19(26)21-15-6-4-5-7-15/h14-16H,3-13H2,1-2H3,(H,21,26)/t14-,16-,20-/m1/s1. The second kappa shape index (κ2) is 7.41.